The zero-order chi connectivity index (χ0) is 8.97. The molecule has 3 nitrogen and oxygen atoms in total. The molecule has 0 saturated heterocycles. The highest BCUT2D eigenvalue weighted by Gasteiger charge is 2.00. The zero-order valence-electron chi connectivity index (χ0n) is 7.58. The Balaban J connectivity index is 0.00000144. The molecule has 13 heavy (non-hydrogen) atoms. The highest BCUT2D eigenvalue weighted by Crippen LogP contribution is 2.08. The van der Waals surface area contributed by atoms with E-state index in [4.69, 9.17) is 5.11 Å². The summed E-state index contributed by atoms with van der Waals surface area (Å²) in [4.78, 5) is 10.3. The molecule has 1 aromatic carbocycles. The molecule has 3 heteroatoms. The molecular formula is C10H14O3. The van der Waals surface area contributed by atoms with Gasteiger partial charge in [-0.15, -0.1) is 0 Å². The minimum absolute atomic E-state index is 0. The van der Waals surface area contributed by atoms with Crippen LogP contribution in [0.3, 0.4) is 0 Å². The van der Waals surface area contributed by atoms with E-state index in [0.717, 1.165) is 5.56 Å². The van der Waals surface area contributed by atoms with Crippen LogP contribution in [0.2, 0.25) is 0 Å². The van der Waals surface area contributed by atoms with Crippen LogP contribution in [0.1, 0.15) is 17.5 Å². The predicted octanol–water partition coefficient (Wildman–Crippen LogP) is 1.19. The van der Waals surface area contributed by atoms with E-state index < -0.39 is 5.97 Å². The number of benzene rings is 1. The van der Waals surface area contributed by atoms with E-state index in [0.29, 0.717) is 6.42 Å². The third kappa shape index (κ3) is 3.71. The molecule has 1 rings (SSSR count). The van der Waals surface area contributed by atoms with E-state index in [2.05, 4.69) is 0 Å². The van der Waals surface area contributed by atoms with Crippen molar-refractivity contribution in [2.24, 2.45) is 0 Å². The van der Waals surface area contributed by atoms with Crippen molar-refractivity contribution in [2.45, 2.75) is 19.8 Å². The van der Waals surface area contributed by atoms with Crippen molar-refractivity contribution in [2.75, 3.05) is 0 Å². The lowest BCUT2D eigenvalue weighted by atomic mass is 10.0. The molecule has 0 atom stereocenters. The molecule has 0 saturated carbocycles. The first-order valence-corrected chi connectivity index (χ1v) is 3.96. The number of hydrogen-bond acceptors (Lipinski definition) is 1. The zero-order valence-corrected chi connectivity index (χ0v) is 7.58. The van der Waals surface area contributed by atoms with Crippen molar-refractivity contribution in [3.63, 3.8) is 0 Å². The summed E-state index contributed by atoms with van der Waals surface area (Å²) in [5.74, 6) is -0.738. The van der Waals surface area contributed by atoms with E-state index in [-0.39, 0.29) is 11.9 Å². The molecule has 0 spiro atoms. The van der Waals surface area contributed by atoms with Crippen molar-refractivity contribution in [3.8, 4) is 0 Å². The van der Waals surface area contributed by atoms with Gasteiger partial charge in [0, 0.05) is 6.42 Å². The van der Waals surface area contributed by atoms with Gasteiger partial charge >= 0.3 is 5.97 Å². The molecule has 0 heterocycles. The summed E-state index contributed by atoms with van der Waals surface area (Å²) in [6.45, 7) is 2.00. The van der Waals surface area contributed by atoms with E-state index in [1.807, 2.05) is 31.2 Å². The average Bonchev–Trinajstić information content (AvgIpc) is 2.03. The Morgan fingerprint density at radius 3 is 2.54 bits per heavy atom. The van der Waals surface area contributed by atoms with Gasteiger partial charge in [0.25, 0.3) is 0 Å². The average molecular weight is 182 g/mol. The van der Waals surface area contributed by atoms with Crippen molar-refractivity contribution in [1.29, 1.82) is 0 Å². The minimum Gasteiger partial charge on any atom is -0.481 e. The Morgan fingerprint density at radius 2 is 2.00 bits per heavy atom. The molecule has 0 aromatic heterocycles. The molecule has 0 unspecified atom stereocenters. The van der Waals surface area contributed by atoms with Crippen molar-refractivity contribution < 1.29 is 15.4 Å². The third-order valence-corrected chi connectivity index (χ3v) is 1.87. The first kappa shape index (κ1) is 11.6. The predicted molar refractivity (Wildman–Crippen MR) is 50.7 cm³/mol. The molecule has 0 radical (unpaired) electrons. The van der Waals surface area contributed by atoms with Crippen LogP contribution in [0, 0.1) is 6.92 Å². The van der Waals surface area contributed by atoms with Crippen LogP contribution in [-0.2, 0) is 11.2 Å². The summed E-state index contributed by atoms with van der Waals surface area (Å²) < 4.78 is 0. The number of hydrogen-bond donors (Lipinski definition) is 1. The lowest BCUT2D eigenvalue weighted by Gasteiger charge is -2.01. The Kier molecular flexibility index (Phi) is 4.77. The molecule has 0 aliphatic rings. The van der Waals surface area contributed by atoms with Crippen LogP contribution >= 0.6 is 0 Å². The van der Waals surface area contributed by atoms with Crippen LogP contribution in [0.5, 0.6) is 0 Å². The van der Waals surface area contributed by atoms with E-state index in [1.165, 1.54) is 5.56 Å². The normalized spacial score (nSPS) is 9.00. The van der Waals surface area contributed by atoms with Crippen LogP contribution in [-0.4, -0.2) is 16.6 Å². The first-order valence-electron chi connectivity index (χ1n) is 3.96. The van der Waals surface area contributed by atoms with Gasteiger partial charge in [-0.3, -0.25) is 4.79 Å². The maximum atomic E-state index is 10.3. The molecule has 0 aliphatic carbocycles. The van der Waals surface area contributed by atoms with Gasteiger partial charge in [0.1, 0.15) is 0 Å². The molecule has 0 amide bonds. The first-order chi connectivity index (χ1) is 5.70. The fourth-order valence-corrected chi connectivity index (χ4v) is 1.13. The summed E-state index contributed by atoms with van der Waals surface area (Å²) >= 11 is 0. The van der Waals surface area contributed by atoms with E-state index >= 15 is 0 Å². The van der Waals surface area contributed by atoms with Gasteiger partial charge in [0.15, 0.2) is 0 Å². The van der Waals surface area contributed by atoms with E-state index in [1.54, 1.807) is 0 Å². The highest BCUT2D eigenvalue weighted by atomic mass is 16.4. The topological polar surface area (TPSA) is 68.8 Å². The summed E-state index contributed by atoms with van der Waals surface area (Å²) in [6.07, 6.45) is 0.840. The molecular weight excluding hydrogens is 168 g/mol. The second kappa shape index (κ2) is 5.32. The second-order valence-electron chi connectivity index (χ2n) is 2.82. The maximum Gasteiger partial charge on any atom is 0.303 e. The summed E-state index contributed by atoms with van der Waals surface area (Å²) in [7, 11) is 0. The van der Waals surface area contributed by atoms with Crippen LogP contribution in [0.4, 0.5) is 0 Å². The van der Waals surface area contributed by atoms with Gasteiger partial charge in [-0.1, -0.05) is 24.3 Å². The van der Waals surface area contributed by atoms with Crippen LogP contribution in [0.15, 0.2) is 24.3 Å². The van der Waals surface area contributed by atoms with E-state index in [9.17, 15) is 4.79 Å². The maximum absolute atomic E-state index is 10.3. The van der Waals surface area contributed by atoms with Crippen molar-refractivity contribution >= 4 is 5.97 Å². The van der Waals surface area contributed by atoms with Crippen molar-refractivity contribution in [3.05, 3.63) is 35.4 Å². The quantitative estimate of drug-likeness (QED) is 0.762. The highest BCUT2D eigenvalue weighted by molar-refractivity contribution is 5.67. The van der Waals surface area contributed by atoms with Gasteiger partial charge in [-0.25, -0.2) is 0 Å². The largest absolute Gasteiger partial charge is 0.481 e. The molecule has 0 fully saturated rings. The number of carboxylic acids is 1. The third-order valence-electron chi connectivity index (χ3n) is 1.87. The van der Waals surface area contributed by atoms with Gasteiger partial charge in [-0.2, -0.15) is 0 Å². The number of carbonyl (C=O) groups is 1. The fourth-order valence-electron chi connectivity index (χ4n) is 1.13. The lowest BCUT2D eigenvalue weighted by Crippen LogP contribution is -1.98. The number of carboxylic acid groups (broad SMARTS) is 1. The summed E-state index contributed by atoms with van der Waals surface area (Å²) in [5, 5.41) is 8.47. The van der Waals surface area contributed by atoms with Crippen molar-refractivity contribution in [1.82, 2.24) is 0 Å². The second-order valence-corrected chi connectivity index (χ2v) is 2.82. The monoisotopic (exact) mass is 182 g/mol. The SMILES string of the molecule is Cc1ccccc1CCC(=O)O.O. The number of aliphatic carboxylic acids is 1. The Labute approximate surface area is 77.3 Å². The van der Waals surface area contributed by atoms with Crippen LogP contribution in [0.25, 0.3) is 0 Å². The van der Waals surface area contributed by atoms with Gasteiger partial charge in [-0.05, 0) is 24.5 Å². The minimum atomic E-state index is -0.738. The number of aryl methyl sites for hydroxylation is 2. The van der Waals surface area contributed by atoms with Gasteiger partial charge in [0.05, 0.1) is 0 Å². The number of rotatable bonds is 3. The molecule has 0 aliphatic heterocycles. The molecule has 3 N–H and O–H groups in total. The smallest absolute Gasteiger partial charge is 0.303 e. The van der Waals surface area contributed by atoms with Gasteiger partial charge in [0.2, 0.25) is 0 Å². The fraction of sp³-hybridized carbons (Fsp3) is 0.300. The van der Waals surface area contributed by atoms with Gasteiger partial charge < -0.3 is 10.6 Å². The van der Waals surface area contributed by atoms with Crippen LogP contribution < -0.4 is 0 Å². The Bertz CT molecular complexity index is 281. The lowest BCUT2D eigenvalue weighted by molar-refractivity contribution is -0.136. The standard InChI is InChI=1S/C10H12O2.H2O/c1-8-4-2-3-5-9(8)6-7-10(11)12;/h2-5H,6-7H2,1H3,(H,11,12);1H2. The summed E-state index contributed by atoms with van der Waals surface area (Å²) in [6, 6.07) is 7.86. The Hall–Kier alpha value is -1.35. The summed E-state index contributed by atoms with van der Waals surface area (Å²) in [5.41, 5.74) is 2.29. The molecule has 1 aromatic rings. The molecule has 72 valence electrons. The Morgan fingerprint density at radius 1 is 1.38 bits per heavy atom. The molecule has 0 bridgehead atoms.